The van der Waals surface area contributed by atoms with Gasteiger partial charge in [-0.3, -0.25) is 9.59 Å². The zero-order chi connectivity index (χ0) is 15.1. The number of carbonyl (C=O) groups is 2. The van der Waals surface area contributed by atoms with Crippen molar-refractivity contribution in [1.82, 2.24) is 5.32 Å². The average Bonchev–Trinajstić information content (AvgIpc) is 2.46. The number of nitrogens with two attached hydrogens (primary N) is 1. The SMILES string of the molecule is Nc1cccc(CC(=O)OCC(=O)NC2CCOCC2)c1. The van der Waals surface area contributed by atoms with E-state index in [0.29, 0.717) is 18.9 Å². The number of carbonyl (C=O) groups excluding carboxylic acids is 2. The number of nitrogens with one attached hydrogen (secondary N) is 1. The average molecular weight is 292 g/mol. The first-order valence-electron chi connectivity index (χ1n) is 7.00. The van der Waals surface area contributed by atoms with Gasteiger partial charge in [0.15, 0.2) is 6.61 Å². The molecule has 0 aromatic heterocycles. The predicted molar refractivity (Wildman–Crippen MR) is 77.5 cm³/mol. The number of rotatable bonds is 5. The van der Waals surface area contributed by atoms with E-state index >= 15 is 0 Å². The van der Waals surface area contributed by atoms with E-state index in [2.05, 4.69) is 5.32 Å². The predicted octanol–water partition coefficient (Wildman–Crippen LogP) is 0.650. The topological polar surface area (TPSA) is 90.7 Å². The Morgan fingerprint density at radius 3 is 2.81 bits per heavy atom. The van der Waals surface area contributed by atoms with Gasteiger partial charge in [0.1, 0.15) is 0 Å². The van der Waals surface area contributed by atoms with E-state index in [1.54, 1.807) is 24.3 Å². The van der Waals surface area contributed by atoms with Crippen molar-refractivity contribution in [2.24, 2.45) is 0 Å². The smallest absolute Gasteiger partial charge is 0.310 e. The van der Waals surface area contributed by atoms with E-state index in [1.807, 2.05) is 0 Å². The third kappa shape index (κ3) is 5.43. The molecule has 2 rings (SSSR count). The van der Waals surface area contributed by atoms with Gasteiger partial charge in [0.2, 0.25) is 0 Å². The maximum atomic E-state index is 11.7. The highest BCUT2D eigenvalue weighted by atomic mass is 16.5. The summed E-state index contributed by atoms with van der Waals surface area (Å²) < 4.78 is 10.2. The first-order chi connectivity index (χ1) is 10.1. The summed E-state index contributed by atoms with van der Waals surface area (Å²) in [5.41, 5.74) is 7.00. The highest BCUT2D eigenvalue weighted by Gasteiger charge is 2.17. The Hall–Kier alpha value is -2.08. The monoisotopic (exact) mass is 292 g/mol. The number of hydrogen-bond acceptors (Lipinski definition) is 5. The second kappa shape index (κ2) is 7.64. The van der Waals surface area contributed by atoms with Crippen LogP contribution in [0, 0.1) is 0 Å². The summed E-state index contributed by atoms with van der Waals surface area (Å²) in [6.45, 7) is 1.05. The molecule has 0 aliphatic carbocycles. The van der Waals surface area contributed by atoms with Crippen molar-refractivity contribution >= 4 is 17.6 Å². The first kappa shape index (κ1) is 15.3. The molecule has 1 saturated heterocycles. The van der Waals surface area contributed by atoms with Crippen LogP contribution < -0.4 is 11.1 Å². The summed E-state index contributed by atoms with van der Waals surface area (Å²) in [4.78, 5) is 23.3. The van der Waals surface area contributed by atoms with Gasteiger partial charge in [-0.1, -0.05) is 12.1 Å². The third-order valence-corrected chi connectivity index (χ3v) is 3.25. The summed E-state index contributed by atoms with van der Waals surface area (Å²) in [5, 5.41) is 2.83. The van der Waals surface area contributed by atoms with E-state index in [0.717, 1.165) is 18.4 Å². The molecule has 1 aromatic carbocycles. The largest absolute Gasteiger partial charge is 0.455 e. The molecule has 1 fully saturated rings. The highest BCUT2D eigenvalue weighted by molar-refractivity contribution is 5.81. The van der Waals surface area contributed by atoms with Crippen molar-refractivity contribution in [3.8, 4) is 0 Å². The van der Waals surface area contributed by atoms with Crippen molar-refractivity contribution in [2.75, 3.05) is 25.6 Å². The fourth-order valence-corrected chi connectivity index (χ4v) is 2.18. The molecular formula is C15H20N2O4. The van der Waals surface area contributed by atoms with Crippen LogP contribution in [0.25, 0.3) is 0 Å². The molecule has 0 saturated carbocycles. The molecule has 0 spiro atoms. The van der Waals surface area contributed by atoms with Crippen LogP contribution in [0.15, 0.2) is 24.3 Å². The van der Waals surface area contributed by atoms with Gasteiger partial charge in [-0.15, -0.1) is 0 Å². The molecule has 1 aliphatic rings. The van der Waals surface area contributed by atoms with Crippen molar-refractivity contribution in [2.45, 2.75) is 25.3 Å². The summed E-state index contributed by atoms with van der Waals surface area (Å²) in [6.07, 6.45) is 1.70. The minimum Gasteiger partial charge on any atom is -0.455 e. The van der Waals surface area contributed by atoms with E-state index in [4.69, 9.17) is 15.2 Å². The number of amides is 1. The standard InChI is InChI=1S/C15H20N2O4/c16-12-3-1-2-11(8-12)9-15(19)21-10-14(18)17-13-4-6-20-7-5-13/h1-3,8,13H,4-7,9-10,16H2,(H,17,18). The minimum absolute atomic E-state index is 0.107. The second-order valence-corrected chi connectivity index (χ2v) is 5.04. The van der Waals surface area contributed by atoms with Crippen molar-refractivity contribution in [3.05, 3.63) is 29.8 Å². The maximum absolute atomic E-state index is 11.7. The Morgan fingerprint density at radius 1 is 1.33 bits per heavy atom. The lowest BCUT2D eigenvalue weighted by molar-refractivity contribution is -0.148. The fraction of sp³-hybridized carbons (Fsp3) is 0.467. The molecule has 21 heavy (non-hydrogen) atoms. The molecule has 1 heterocycles. The molecule has 6 heteroatoms. The molecular weight excluding hydrogens is 272 g/mol. The molecule has 3 N–H and O–H groups in total. The molecule has 6 nitrogen and oxygen atoms in total. The van der Waals surface area contributed by atoms with Gasteiger partial charge >= 0.3 is 5.97 Å². The fourth-order valence-electron chi connectivity index (χ4n) is 2.18. The van der Waals surface area contributed by atoms with Gasteiger partial charge in [-0.2, -0.15) is 0 Å². The molecule has 1 aliphatic heterocycles. The summed E-state index contributed by atoms with van der Waals surface area (Å²) in [7, 11) is 0. The Bertz CT molecular complexity index is 498. The molecule has 0 radical (unpaired) electrons. The van der Waals surface area contributed by atoms with Gasteiger partial charge < -0.3 is 20.5 Å². The zero-order valence-corrected chi connectivity index (χ0v) is 11.8. The Kier molecular flexibility index (Phi) is 5.57. The van der Waals surface area contributed by atoms with E-state index < -0.39 is 5.97 Å². The minimum atomic E-state index is -0.442. The Morgan fingerprint density at radius 2 is 2.10 bits per heavy atom. The van der Waals surface area contributed by atoms with E-state index in [9.17, 15) is 9.59 Å². The lowest BCUT2D eigenvalue weighted by atomic mass is 10.1. The van der Waals surface area contributed by atoms with Crippen LogP contribution in [0.4, 0.5) is 5.69 Å². The van der Waals surface area contributed by atoms with Gasteiger partial charge in [-0.25, -0.2) is 0 Å². The number of nitrogen functional groups attached to an aromatic ring is 1. The van der Waals surface area contributed by atoms with Crippen LogP contribution >= 0.6 is 0 Å². The summed E-state index contributed by atoms with van der Waals surface area (Å²) in [5.74, 6) is -0.717. The lowest BCUT2D eigenvalue weighted by Gasteiger charge is -2.22. The number of esters is 1. The summed E-state index contributed by atoms with van der Waals surface area (Å²) in [6, 6.07) is 7.13. The van der Waals surface area contributed by atoms with Crippen LogP contribution in [0.2, 0.25) is 0 Å². The lowest BCUT2D eigenvalue weighted by Crippen LogP contribution is -2.41. The number of anilines is 1. The molecule has 1 aromatic rings. The van der Waals surface area contributed by atoms with E-state index in [1.165, 1.54) is 0 Å². The Balaban J connectivity index is 1.69. The number of benzene rings is 1. The summed E-state index contributed by atoms with van der Waals surface area (Å²) >= 11 is 0. The van der Waals surface area contributed by atoms with Gasteiger partial charge in [0, 0.05) is 24.9 Å². The quantitative estimate of drug-likeness (QED) is 0.614. The maximum Gasteiger partial charge on any atom is 0.310 e. The Labute approximate surface area is 123 Å². The molecule has 0 unspecified atom stereocenters. The van der Waals surface area contributed by atoms with Crippen LogP contribution in [0.1, 0.15) is 18.4 Å². The second-order valence-electron chi connectivity index (χ2n) is 5.04. The third-order valence-electron chi connectivity index (χ3n) is 3.25. The van der Waals surface area contributed by atoms with Crippen LogP contribution in [0.3, 0.4) is 0 Å². The first-order valence-corrected chi connectivity index (χ1v) is 7.00. The zero-order valence-electron chi connectivity index (χ0n) is 11.8. The van der Waals surface area contributed by atoms with Crippen molar-refractivity contribution < 1.29 is 19.1 Å². The van der Waals surface area contributed by atoms with Gasteiger partial charge in [0.05, 0.1) is 6.42 Å². The van der Waals surface area contributed by atoms with Crippen molar-refractivity contribution in [1.29, 1.82) is 0 Å². The van der Waals surface area contributed by atoms with E-state index in [-0.39, 0.29) is 25.0 Å². The van der Waals surface area contributed by atoms with Crippen LogP contribution in [0.5, 0.6) is 0 Å². The number of hydrogen-bond donors (Lipinski definition) is 2. The highest BCUT2D eigenvalue weighted by Crippen LogP contribution is 2.08. The molecule has 114 valence electrons. The molecule has 0 bridgehead atoms. The number of ether oxygens (including phenoxy) is 2. The van der Waals surface area contributed by atoms with Crippen LogP contribution in [-0.4, -0.2) is 37.7 Å². The normalized spacial score (nSPS) is 15.4. The van der Waals surface area contributed by atoms with Gasteiger partial charge in [-0.05, 0) is 30.5 Å². The van der Waals surface area contributed by atoms with Crippen LogP contribution in [-0.2, 0) is 25.5 Å². The van der Waals surface area contributed by atoms with Crippen molar-refractivity contribution in [3.63, 3.8) is 0 Å². The molecule has 0 atom stereocenters. The van der Waals surface area contributed by atoms with Gasteiger partial charge in [0.25, 0.3) is 5.91 Å². The molecule has 1 amide bonds.